The molecule has 0 aliphatic rings. The molecule has 1 aromatic heterocycles. The molecule has 3 rings (SSSR count). The number of carbonyl (C=O) groups is 1. The lowest BCUT2D eigenvalue weighted by atomic mass is 10.1. The highest BCUT2D eigenvalue weighted by molar-refractivity contribution is 6.04. The van der Waals surface area contributed by atoms with Gasteiger partial charge in [-0.05, 0) is 19.1 Å². The largest absolute Gasteiger partial charge is 0.496 e. The summed E-state index contributed by atoms with van der Waals surface area (Å²) < 4.78 is 5.33. The van der Waals surface area contributed by atoms with E-state index < -0.39 is 0 Å². The summed E-state index contributed by atoms with van der Waals surface area (Å²) in [5.74, 6) is 0.338. The first kappa shape index (κ1) is 15.7. The number of hydrogen-bond donors (Lipinski definition) is 2. The molecule has 6 nitrogen and oxygen atoms in total. The van der Waals surface area contributed by atoms with Gasteiger partial charge in [0.1, 0.15) is 5.75 Å². The van der Waals surface area contributed by atoms with Crippen LogP contribution < -0.4 is 15.6 Å². The lowest BCUT2D eigenvalue weighted by Crippen LogP contribution is -2.29. The van der Waals surface area contributed by atoms with Crippen LogP contribution in [0.5, 0.6) is 5.75 Å². The Morgan fingerprint density at radius 2 is 1.79 bits per heavy atom. The molecule has 0 bridgehead atoms. The van der Waals surface area contributed by atoms with E-state index in [1.807, 2.05) is 31.2 Å². The van der Waals surface area contributed by atoms with E-state index in [4.69, 9.17) is 4.74 Å². The van der Waals surface area contributed by atoms with Crippen molar-refractivity contribution in [1.29, 1.82) is 0 Å². The minimum absolute atomic E-state index is 0.187. The van der Waals surface area contributed by atoms with E-state index in [0.717, 1.165) is 5.56 Å². The van der Waals surface area contributed by atoms with Crippen LogP contribution in [0, 0.1) is 0 Å². The summed E-state index contributed by atoms with van der Waals surface area (Å²) in [5, 5.41) is 10.1. The molecule has 0 saturated heterocycles. The van der Waals surface area contributed by atoms with Gasteiger partial charge in [0.2, 0.25) is 0 Å². The van der Waals surface area contributed by atoms with Crippen LogP contribution in [-0.4, -0.2) is 23.2 Å². The molecule has 2 N–H and O–H groups in total. The number of rotatable bonds is 4. The van der Waals surface area contributed by atoms with E-state index in [9.17, 15) is 9.59 Å². The van der Waals surface area contributed by atoms with E-state index in [-0.39, 0.29) is 23.2 Å². The molecule has 6 heteroatoms. The predicted octanol–water partition coefficient (Wildman–Crippen LogP) is 2.42. The molecule has 0 spiro atoms. The number of ether oxygens (including phenoxy) is 1. The molecule has 122 valence electrons. The van der Waals surface area contributed by atoms with E-state index in [2.05, 4.69) is 15.5 Å². The van der Waals surface area contributed by atoms with Crippen LogP contribution >= 0.6 is 0 Å². The fourth-order valence-electron chi connectivity index (χ4n) is 2.65. The number of nitrogens with one attached hydrogen (secondary N) is 2. The SMILES string of the molecule is COc1ccccc1[C@H](C)NC(=O)c1n[nH]c(=O)c2ccccc12. The summed E-state index contributed by atoms with van der Waals surface area (Å²) in [5.41, 5.74) is 0.731. The maximum Gasteiger partial charge on any atom is 0.272 e. The van der Waals surface area contributed by atoms with Gasteiger partial charge in [-0.15, -0.1) is 0 Å². The van der Waals surface area contributed by atoms with Crippen molar-refractivity contribution in [1.82, 2.24) is 15.5 Å². The van der Waals surface area contributed by atoms with Crippen LogP contribution in [0.1, 0.15) is 29.0 Å². The fraction of sp³-hybridized carbons (Fsp3) is 0.167. The highest BCUT2D eigenvalue weighted by atomic mass is 16.5. The van der Waals surface area contributed by atoms with Gasteiger partial charge in [0, 0.05) is 10.9 Å². The minimum atomic E-state index is -0.360. The first-order valence-electron chi connectivity index (χ1n) is 7.53. The first-order valence-corrected chi connectivity index (χ1v) is 7.53. The second kappa shape index (κ2) is 6.54. The molecular formula is C18H17N3O3. The molecule has 24 heavy (non-hydrogen) atoms. The number of amides is 1. The molecule has 0 aliphatic heterocycles. The predicted molar refractivity (Wildman–Crippen MR) is 91.2 cm³/mol. The second-order valence-electron chi connectivity index (χ2n) is 5.38. The number of nitrogens with zero attached hydrogens (tertiary/aromatic N) is 1. The molecule has 0 saturated carbocycles. The summed E-state index contributed by atoms with van der Waals surface area (Å²) in [6.07, 6.45) is 0. The maximum absolute atomic E-state index is 12.6. The van der Waals surface area contributed by atoms with Crippen LogP contribution in [0.2, 0.25) is 0 Å². The smallest absolute Gasteiger partial charge is 0.272 e. The number of methoxy groups -OCH3 is 1. The zero-order valence-corrected chi connectivity index (χ0v) is 13.4. The number of fused-ring (bicyclic) bond motifs is 1. The van der Waals surface area contributed by atoms with Gasteiger partial charge in [0.25, 0.3) is 11.5 Å². The van der Waals surface area contributed by atoms with Gasteiger partial charge in [-0.25, -0.2) is 5.10 Å². The van der Waals surface area contributed by atoms with E-state index >= 15 is 0 Å². The summed E-state index contributed by atoms with van der Waals surface area (Å²) in [6, 6.07) is 14.1. The molecule has 0 radical (unpaired) electrons. The van der Waals surface area contributed by atoms with Crippen molar-refractivity contribution in [3.05, 3.63) is 70.1 Å². The van der Waals surface area contributed by atoms with Crippen LogP contribution in [0.25, 0.3) is 10.8 Å². The Bertz CT molecular complexity index is 949. The Morgan fingerprint density at radius 1 is 1.12 bits per heavy atom. The van der Waals surface area contributed by atoms with E-state index in [0.29, 0.717) is 16.5 Å². The molecule has 3 aromatic rings. The minimum Gasteiger partial charge on any atom is -0.496 e. The molecule has 0 fully saturated rings. The van der Waals surface area contributed by atoms with Gasteiger partial charge in [-0.1, -0.05) is 36.4 Å². The summed E-state index contributed by atoms with van der Waals surface area (Å²) in [4.78, 5) is 24.4. The van der Waals surface area contributed by atoms with E-state index in [1.165, 1.54) is 0 Å². The standard InChI is InChI=1S/C18H17N3O3/c1-11(12-7-5-6-10-15(12)24-2)19-18(23)16-13-8-3-4-9-14(13)17(22)21-20-16/h3-11H,1-2H3,(H,19,23)(H,21,22)/t11-/m0/s1. The van der Waals surface area contributed by atoms with Crippen molar-refractivity contribution in [3.8, 4) is 5.75 Å². The Hall–Kier alpha value is -3.15. The normalized spacial score (nSPS) is 11.9. The van der Waals surface area contributed by atoms with Gasteiger partial charge in [-0.3, -0.25) is 9.59 Å². The third-order valence-corrected chi connectivity index (χ3v) is 3.86. The molecule has 1 heterocycles. The lowest BCUT2D eigenvalue weighted by Gasteiger charge is -2.17. The van der Waals surface area contributed by atoms with Crippen molar-refractivity contribution in [2.45, 2.75) is 13.0 Å². The highest BCUT2D eigenvalue weighted by Crippen LogP contribution is 2.24. The van der Waals surface area contributed by atoms with Gasteiger partial charge in [0.15, 0.2) is 5.69 Å². The zero-order valence-electron chi connectivity index (χ0n) is 13.4. The Labute approximate surface area is 138 Å². The molecule has 1 amide bonds. The average Bonchev–Trinajstić information content (AvgIpc) is 2.62. The quantitative estimate of drug-likeness (QED) is 0.772. The second-order valence-corrected chi connectivity index (χ2v) is 5.38. The van der Waals surface area contributed by atoms with Gasteiger partial charge >= 0.3 is 0 Å². The van der Waals surface area contributed by atoms with Crippen LogP contribution in [0.4, 0.5) is 0 Å². The van der Waals surface area contributed by atoms with Gasteiger partial charge in [0.05, 0.1) is 18.5 Å². The van der Waals surface area contributed by atoms with Gasteiger partial charge < -0.3 is 10.1 Å². The summed E-state index contributed by atoms with van der Waals surface area (Å²) >= 11 is 0. The third kappa shape index (κ3) is 2.86. The molecule has 2 aromatic carbocycles. The highest BCUT2D eigenvalue weighted by Gasteiger charge is 2.18. The molecule has 1 atom stereocenters. The maximum atomic E-state index is 12.6. The number of carbonyl (C=O) groups excluding carboxylic acids is 1. The number of benzene rings is 2. The van der Waals surface area contributed by atoms with Crippen LogP contribution in [-0.2, 0) is 0 Å². The van der Waals surface area contributed by atoms with Gasteiger partial charge in [-0.2, -0.15) is 5.10 Å². The zero-order chi connectivity index (χ0) is 17.1. The van der Waals surface area contributed by atoms with Crippen molar-refractivity contribution in [3.63, 3.8) is 0 Å². The molecular weight excluding hydrogens is 306 g/mol. The van der Waals surface area contributed by atoms with E-state index in [1.54, 1.807) is 31.4 Å². The summed E-state index contributed by atoms with van der Waals surface area (Å²) in [7, 11) is 1.59. The van der Waals surface area contributed by atoms with Crippen molar-refractivity contribution >= 4 is 16.7 Å². The first-order chi connectivity index (χ1) is 11.6. The monoisotopic (exact) mass is 323 g/mol. The number of aromatic amines is 1. The fourth-order valence-corrected chi connectivity index (χ4v) is 2.65. The average molecular weight is 323 g/mol. The van der Waals surface area contributed by atoms with Crippen LogP contribution in [0.15, 0.2) is 53.3 Å². The molecule has 0 aliphatic carbocycles. The third-order valence-electron chi connectivity index (χ3n) is 3.86. The number of hydrogen-bond acceptors (Lipinski definition) is 4. The molecule has 0 unspecified atom stereocenters. The summed E-state index contributed by atoms with van der Waals surface area (Å²) in [6.45, 7) is 1.86. The van der Waals surface area contributed by atoms with Crippen molar-refractivity contribution in [2.75, 3.05) is 7.11 Å². The number of para-hydroxylation sites is 1. The topological polar surface area (TPSA) is 84.1 Å². The Balaban J connectivity index is 1.93. The Kier molecular flexibility index (Phi) is 4.29. The number of H-pyrrole nitrogens is 1. The van der Waals surface area contributed by atoms with Crippen molar-refractivity contribution < 1.29 is 9.53 Å². The lowest BCUT2D eigenvalue weighted by molar-refractivity contribution is 0.0935. The Morgan fingerprint density at radius 3 is 2.54 bits per heavy atom. The van der Waals surface area contributed by atoms with Crippen molar-refractivity contribution in [2.24, 2.45) is 0 Å². The number of aromatic nitrogens is 2. The van der Waals surface area contributed by atoms with Crippen LogP contribution in [0.3, 0.4) is 0 Å².